The van der Waals surface area contributed by atoms with Crippen LogP contribution >= 0.6 is 0 Å². The molecule has 1 saturated carbocycles. The predicted octanol–water partition coefficient (Wildman–Crippen LogP) is 5.50. The van der Waals surface area contributed by atoms with Gasteiger partial charge >= 0.3 is 0 Å². The first-order chi connectivity index (χ1) is 15.1. The van der Waals surface area contributed by atoms with Gasteiger partial charge in [0.15, 0.2) is 0 Å². The smallest absolute Gasteiger partial charge is 0.227 e. The average Bonchev–Trinajstić information content (AvgIpc) is 3.25. The zero-order valence-electron chi connectivity index (χ0n) is 17.7. The van der Waals surface area contributed by atoms with Crippen LogP contribution in [-0.4, -0.2) is 22.1 Å². The molecule has 0 saturated heterocycles. The third-order valence-corrected chi connectivity index (χ3v) is 5.61. The maximum absolute atomic E-state index is 13.7. The molecule has 0 unspecified atom stereocenters. The number of amides is 1. The van der Waals surface area contributed by atoms with Gasteiger partial charge in [-0.1, -0.05) is 36.6 Å². The lowest BCUT2D eigenvalue weighted by Crippen LogP contribution is -2.22. The molecule has 2 aromatic carbocycles. The number of hydrogen-bond acceptors (Lipinski definition) is 5. The third kappa shape index (κ3) is 5.69. The molecular formula is C24H27FN4O2. The number of aromatic nitrogens is 2. The lowest BCUT2D eigenvalue weighted by Gasteiger charge is -2.23. The van der Waals surface area contributed by atoms with Crippen molar-refractivity contribution in [1.29, 1.82) is 0 Å². The first-order valence-electron chi connectivity index (χ1n) is 10.8. The summed E-state index contributed by atoms with van der Waals surface area (Å²) in [6.07, 6.45) is 6.87. The van der Waals surface area contributed by atoms with Crippen LogP contribution in [0, 0.1) is 12.7 Å². The summed E-state index contributed by atoms with van der Waals surface area (Å²) in [5.41, 5.74) is 2.93. The standard InChI is InChI=1S/C24H27FN4O2/c1-16-7-8-17(15-21(16)25)24-28-23(31-29-24)14-13-22(30)27-20-11-9-19(10-12-20)26-18-5-3-2-4-6-18/h7-12,15,18,26H,2-6,13-14H2,1H3,(H,27,30). The van der Waals surface area contributed by atoms with Crippen LogP contribution in [0.1, 0.15) is 50.0 Å². The fraction of sp³-hybridized carbons (Fsp3) is 0.375. The highest BCUT2D eigenvalue weighted by Gasteiger charge is 2.14. The van der Waals surface area contributed by atoms with Crippen molar-refractivity contribution in [1.82, 2.24) is 10.1 Å². The molecule has 1 aliphatic rings. The zero-order valence-corrected chi connectivity index (χ0v) is 17.7. The maximum Gasteiger partial charge on any atom is 0.227 e. The minimum absolute atomic E-state index is 0.130. The second kappa shape index (κ2) is 9.73. The van der Waals surface area contributed by atoms with Gasteiger partial charge in [0, 0.05) is 35.8 Å². The average molecular weight is 423 g/mol. The van der Waals surface area contributed by atoms with Gasteiger partial charge in [-0.3, -0.25) is 4.79 Å². The lowest BCUT2D eigenvalue weighted by atomic mass is 9.95. The fourth-order valence-corrected chi connectivity index (χ4v) is 3.78. The van der Waals surface area contributed by atoms with Crippen molar-refractivity contribution in [2.45, 2.75) is 57.9 Å². The molecule has 1 amide bonds. The molecule has 3 aromatic rings. The van der Waals surface area contributed by atoms with Gasteiger partial charge in [0.25, 0.3) is 0 Å². The van der Waals surface area contributed by atoms with E-state index in [1.54, 1.807) is 19.1 Å². The number of hydrogen-bond donors (Lipinski definition) is 2. The Balaban J connectivity index is 1.26. The number of nitrogens with zero attached hydrogens (tertiary/aromatic N) is 2. The molecule has 1 fully saturated rings. The van der Waals surface area contributed by atoms with Gasteiger partial charge in [0.05, 0.1) is 0 Å². The van der Waals surface area contributed by atoms with Crippen LogP contribution in [0.25, 0.3) is 11.4 Å². The highest BCUT2D eigenvalue weighted by Crippen LogP contribution is 2.23. The van der Waals surface area contributed by atoms with Crippen LogP contribution in [-0.2, 0) is 11.2 Å². The van der Waals surface area contributed by atoms with E-state index >= 15 is 0 Å². The molecule has 1 heterocycles. The molecule has 0 atom stereocenters. The number of aryl methyl sites for hydroxylation is 2. The van der Waals surface area contributed by atoms with Crippen LogP contribution < -0.4 is 10.6 Å². The first kappa shape index (κ1) is 21.0. The minimum Gasteiger partial charge on any atom is -0.382 e. The molecule has 31 heavy (non-hydrogen) atoms. The van der Waals surface area contributed by atoms with E-state index in [0.717, 1.165) is 11.4 Å². The van der Waals surface area contributed by atoms with Crippen LogP contribution in [0.2, 0.25) is 0 Å². The van der Waals surface area contributed by atoms with Gasteiger partial charge in [-0.05, 0) is 55.7 Å². The number of benzene rings is 2. The number of anilines is 2. The summed E-state index contributed by atoms with van der Waals surface area (Å²) in [6.45, 7) is 1.69. The highest BCUT2D eigenvalue weighted by atomic mass is 19.1. The summed E-state index contributed by atoms with van der Waals surface area (Å²) >= 11 is 0. The molecule has 0 bridgehead atoms. The summed E-state index contributed by atoms with van der Waals surface area (Å²) < 4.78 is 18.9. The van der Waals surface area contributed by atoms with Crippen LogP contribution in [0.3, 0.4) is 0 Å². The lowest BCUT2D eigenvalue weighted by molar-refractivity contribution is -0.116. The van der Waals surface area contributed by atoms with Crippen molar-refractivity contribution in [3.63, 3.8) is 0 Å². The van der Waals surface area contributed by atoms with Crippen molar-refractivity contribution < 1.29 is 13.7 Å². The molecule has 1 aromatic heterocycles. The van der Waals surface area contributed by atoms with E-state index in [-0.39, 0.29) is 18.1 Å². The minimum atomic E-state index is -0.316. The number of halogens is 1. The molecule has 2 N–H and O–H groups in total. The molecule has 7 heteroatoms. The second-order valence-electron chi connectivity index (χ2n) is 8.08. The zero-order chi connectivity index (χ0) is 21.6. The van der Waals surface area contributed by atoms with Crippen LogP contribution in [0.4, 0.5) is 15.8 Å². The van der Waals surface area contributed by atoms with E-state index in [0.29, 0.717) is 35.3 Å². The van der Waals surface area contributed by atoms with E-state index in [4.69, 9.17) is 4.52 Å². The quantitative estimate of drug-likeness (QED) is 0.525. The van der Waals surface area contributed by atoms with Gasteiger partial charge in [-0.15, -0.1) is 0 Å². The molecule has 0 spiro atoms. The Labute approximate surface area is 181 Å². The molecule has 162 valence electrons. The van der Waals surface area contributed by atoms with E-state index in [1.807, 2.05) is 24.3 Å². The number of carbonyl (C=O) groups is 1. The molecule has 0 aliphatic heterocycles. The van der Waals surface area contributed by atoms with Gasteiger partial charge in [0.1, 0.15) is 5.82 Å². The topological polar surface area (TPSA) is 80.0 Å². The Morgan fingerprint density at radius 1 is 1.10 bits per heavy atom. The fourth-order valence-electron chi connectivity index (χ4n) is 3.78. The normalized spacial score (nSPS) is 14.4. The molecule has 0 radical (unpaired) electrons. The molecule has 4 rings (SSSR count). The molecule has 6 nitrogen and oxygen atoms in total. The van der Waals surface area contributed by atoms with Gasteiger partial charge < -0.3 is 15.2 Å². The summed E-state index contributed by atoms with van der Waals surface area (Å²) in [6, 6.07) is 13.1. The largest absolute Gasteiger partial charge is 0.382 e. The van der Waals surface area contributed by atoms with Gasteiger partial charge in [-0.2, -0.15) is 4.98 Å². The number of carbonyl (C=O) groups excluding carboxylic acids is 1. The SMILES string of the molecule is Cc1ccc(-c2noc(CCC(=O)Nc3ccc(NC4CCCCC4)cc3)n2)cc1F. The van der Waals surface area contributed by atoms with Crippen molar-refractivity contribution in [3.05, 3.63) is 59.7 Å². The number of rotatable bonds is 7. The van der Waals surface area contributed by atoms with Gasteiger partial charge in [-0.25, -0.2) is 4.39 Å². The Morgan fingerprint density at radius 3 is 2.58 bits per heavy atom. The maximum atomic E-state index is 13.7. The Hall–Kier alpha value is -3.22. The van der Waals surface area contributed by atoms with E-state index in [2.05, 4.69) is 20.8 Å². The van der Waals surface area contributed by atoms with E-state index in [9.17, 15) is 9.18 Å². The van der Waals surface area contributed by atoms with Crippen molar-refractivity contribution in [3.8, 4) is 11.4 Å². The molecule has 1 aliphatic carbocycles. The first-order valence-corrected chi connectivity index (χ1v) is 10.8. The van der Waals surface area contributed by atoms with Crippen molar-refractivity contribution in [2.24, 2.45) is 0 Å². The van der Waals surface area contributed by atoms with Gasteiger partial charge in [0.2, 0.25) is 17.6 Å². The third-order valence-electron chi connectivity index (χ3n) is 5.61. The monoisotopic (exact) mass is 422 g/mol. The Kier molecular flexibility index (Phi) is 6.60. The Bertz CT molecular complexity index is 1030. The van der Waals surface area contributed by atoms with Crippen LogP contribution in [0.5, 0.6) is 0 Å². The highest BCUT2D eigenvalue weighted by molar-refractivity contribution is 5.90. The Morgan fingerprint density at radius 2 is 1.84 bits per heavy atom. The summed E-state index contributed by atoms with van der Waals surface area (Å²) in [4.78, 5) is 16.5. The summed E-state index contributed by atoms with van der Waals surface area (Å²) in [5, 5.41) is 10.3. The number of nitrogens with one attached hydrogen (secondary N) is 2. The van der Waals surface area contributed by atoms with Crippen molar-refractivity contribution in [2.75, 3.05) is 10.6 Å². The summed E-state index contributed by atoms with van der Waals surface area (Å²) in [5.74, 6) is 0.214. The predicted molar refractivity (Wildman–Crippen MR) is 118 cm³/mol. The van der Waals surface area contributed by atoms with Crippen molar-refractivity contribution >= 4 is 17.3 Å². The second-order valence-corrected chi connectivity index (χ2v) is 8.08. The molecular weight excluding hydrogens is 395 g/mol. The van der Waals surface area contributed by atoms with E-state index < -0.39 is 0 Å². The van der Waals surface area contributed by atoms with E-state index in [1.165, 1.54) is 38.2 Å². The summed E-state index contributed by atoms with van der Waals surface area (Å²) in [7, 11) is 0. The van der Waals surface area contributed by atoms with Crippen LogP contribution in [0.15, 0.2) is 47.0 Å².